The standard InChI is InChI=1S/C9H18N4/c1-4-5-7(2)8(3)6-9-10-12-13-11-9/h7-8H,4-6H2,1-3H3,(H,10,11,12,13). The predicted octanol–water partition coefficient (Wildman–Crippen LogP) is 1.81. The number of H-pyrrole nitrogens is 1. The van der Waals surface area contributed by atoms with Gasteiger partial charge in [-0.25, -0.2) is 0 Å². The van der Waals surface area contributed by atoms with Crippen molar-refractivity contribution in [2.45, 2.75) is 40.0 Å². The highest BCUT2D eigenvalue weighted by Gasteiger charge is 2.13. The smallest absolute Gasteiger partial charge is 0.174 e. The van der Waals surface area contributed by atoms with Crippen LogP contribution in [0, 0.1) is 11.8 Å². The Kier molecular flexibility index (Phi) is 3.86. The number of tetrazole rings is 1. The second kappa shape index (κ2) is 4.94. The summed E-state index contributed by atoms with van der Waals surface area (Å²) in [7, 11) is 0. The molecule has 0 aliphatic rings. The minimum atomic E-state index is 0.637. The molecule has 2 atom stereocenters. The molecule has 0 aliphatic carbocycles. The van der Waals surface area contributed by atoms with Gasteiger partial charge in [0.15, 0.2) is 5.82 Å². The molecule has 1 N–H and O–H groups in total. The van der Waals surface area contributed by atoms with Gasteiger partial charge in [-0.2, -0.15) is 5.21 Å². The molecule has 1 aromatic rings. The fourth-order valence-electron chi connectivity index (χ4n) is 1.50. The van der Waals surface area contributed by atoms with Crippen molar-refractivity contribution in [3.05, 3.63) is 5.82 Å². The molecule has 0 aliphatic heterocycles. The van der Waals surface area contributed by atoms with Crippen LogP contribution in [-0.4, -0.2) is 20.6 Å². The van der Waals surface area contributed by atoms with Crippen LogP contribution in [0.3, 0.4) is 0 Å². The minimum absolute atomic E-state index is 0.637. The van der Waals surface area contributed by atoms with Crippen LogP contribution in [-0.2, 0) is 6.42 Å². The van der Waals surface area contributed by atoms with Crippen LogP contribution in [0.2, 0.25) is 0 Å². The highest BCUT2D eigenvalue weighted by molar-refractivity contribution is 4.80. The van der Waals surface area contributed by atoms with Crippen molar-refractivity contribution in [3.8, 4) is 0 Å². The van der Waals surface area contributed by atoms with Gasteiger partial charge in [0.2, 0.25) is 0 Å². The summed E-state index contributed by atoms with van der Waals surface area (Å²) in [6.45, 7) is 6.75. The fourth-order valence-corrected chi connectivity index (χ4v) is 1.50. The zero-order chi connectivity index (χ0) is 9.68. The third kappa shape index (κ3) is 3.13. The van der Waals surface area contributed by atoms with Crippen LogP contribution in [0.1, 0.15) is 39.4 Å². The molecule has 0 fully saturated rings. The van der Waals surface area contributed by atoms with E-state index in [9.17, 15) is 0 Å². The molecule has 4 heteroatoms. The molecule has 1 aromatic heterocycles. The summed E-state index contributed by atoms with van der Waals surface area (Å²) >= 11 is 0. The first-order chi connectivity index (χ1) is 6.24. The van der Waals surface area contributed by atoms with E-state index < -0.39 is 0 Å². The van der Waals surface area contributed by atoms with Crippen molar-refractivity contribution in [1.82, 2.24) is 20.6 Å². The maximum atomic E-state index is 3.95. The second-order valence-corrected chi connectivity index (χ2v) is 3.78. The Morgan fingerprint density at radius 1 is 1.31 bits per heavy atom. The Bertz CT molecular complexity index is 220. The van der Waals surface area contributed by atoms with Crippen LogP contribution < -0.4 is 0 Å². The number of nitrogens with one attached hydrogen (secondary N) is 1. The van der Waals surface area contributed by atoms with E-state index in [1.54, 1.807) is 0 Å². The first kappa shape index (κ1) is 10.2. The second-order valence-electron chi connectivity index (χ2n) is 3.78. The van der Waals surface area contributed by atoms with Gasteiger partial charge >= 0.3 is 0 Å². The molecule has 0 spiro atoms. The van der Waals surface area contributed by atoms with Gasteiger partial charge in [-0.1, -0.05) is 38.8 Å². The lowest BCUT2D eigenvalue weighted by Gasteiger charge is -2.17. The van der Waals surface area contributed by atoms with E-state index in [0.29, 0.717) is 5.92 Å². The van der Waals surface area contributed by atoms with E-state index in [0.717, 1.165) is 18.2 Å². The zero-order valence-electron chi connectivity index (χ0n) is 8.62. The first-order valence-electron chi connectivity index (χ1n) is 4.96. The SMILES string of the molecule is CCCC(C)C(C)Cc1nn[nH]n1. The van der Waals surface area contributed by atoms with Gasteiger partial charge in [-0.05, 0) is 11.8 Å². The van der Waals surface area contributed by atoms with E-state index >= 15 is 0 Å². The highest BCUT2D eigenvalue weighted by atomic mass is 15.5. The first-order valence-corrected chi connectivity index (χ1v) is 4.96. The fraction of sp³-hybridized carbons (Fsp3) is 0.889. The number of hydrogen-bond acceptors (Lipinski definition) is 3. The summed E-state index contributed by atoms with van der Waals surface area (Å²) < 4.78 is 0. The van der Waals surface area contributed by atoms with Gasteiger partial charge in [0, 0.05) is 6.42 Å². The lowest BCUT2D eigenvalue weighted by molar-refractivity contribution is 0.354. The van der Waals surface area contributed by atoms with Crippen LogP contribution in [0.4, 0.5) is 0 Å². The number of nitrogens with zero attached hydrogens (tertiary/aromatic N) is 3. The number of rotatable bonds is 5. The molecule has 13 heavy (non-hydrogen) atoms. The molecule has 0 radical (unpaired) electrons. The summed E-state index contributed by atoms with van der Waals surface area (Å²) in [6.07, 6.45) is 3.45. The number of aromatic nitrogens is 4. The average Bonchev–Trinajstić information content (AvgIpc) is 2.57. The minimum Gasteiger partial charge on any atom is -0.177 e. The van der Waals surface area contributed by atoms with Crippen molar-refractivity contribution in [2.24, 2.45) is 11.8 Å². The average molecular weight is 182 g/mol. The van der Waals surface area contributed by atoms with Crippen molar-refractivity contribution < 1.29 is 0 Å². The normalized spacial score (nSPS) is 15.6. The number of hydrogen-bond donors (Lipinski definition) is 1. The Balaban J connectivity index is 2.36. The van der Waals surface area contributed by atoms with Crippen molar-refractivity contribution in [2.75, 3.05) is 0 Å². The molecular weight excluding hydrogens is 164 g/mol. The third-order valence-electron chi connectivity index (χ3n) is 2.61. The molecule has 1 rings (SSSR count). The van der Waals surface area contributed by atoms with Crippen LogP contribution in [0.15, 0.2) is 0 Å². The molecule has 1 heterocycles. The highest BCUT2D eigenvalue weighted by Crippen LogP contribution is 2.19. The van der Waals surface area contributed by atoms with Gasteiger partial charge < -0.3 is 0 Å². The maximum Gasteiger partial charge on any atom is 0.174 e. The van der Waals surface area contributed by atoms with Gasteiger partial charge in [-0.3, -0.25) is 0 Å². The Hall–Kier alpha value is -0.930. The molecular formula is C9H18N4. The molecule has 2 unspecified atom stereocenters. The van der Waals surface area contributed by atoms with Gasteiger partial charge in [0.25, 0.3) is 0 Å². The summed E-state index contributed by atoms with van der Waals surface area (Å²) in [4.78, 5) is 0. The van der Waals surface area contributed by atoms with E-state index in [1.807, 2.05) is 0 Å². The monoisotopic (exact) mass is 182 g/mol. The van der Waals surface area contributed by atoms with E-state index in [4.69, 9.17) is 0 Å². The van der Waals surface area contributed by atoms with Gasteiger partial charge in [0.1, 0.15) is 0 Å². The largest absolute Gasteiger partial charge is 0.177 e. The van der Waals surface area contributed by atoms with Gasteiger partial charge in [-0.15, -0.1) is 10.2 Å². The van der Waals surface area contributed by atoms with Crippen molar-refractivity contribution >= 4 is 0 Å². The predicted molar refractivity (Wildman–Crippen MR) is 51.1 cm³/mol. The molecule has 0 aromatic carbocycles. The quantitative estimate of drug-likeness (QED) is 0.755. The molecule has 74 valence electrons. The van der Waals surface area contributed by atoms with Gasteiger partial charge in [0.05, 0.1) is 0 Å². The van der Waals surface area contributed by atoms with Crippen LogP contribution in [0.25, 0.3) is 0 Å². The lowest BCUT2D eigenvalue weighted by Crippen LogP contribution is -2.11. The summed E-state index contributed by atoms with van der Waals surface area (Å²) in [6, 6.07) is 0. The Morgan fingerprint density at radius 2 is 2.08 bits per heavy atom. The van der Waals surface area contributed by atoms with Crippen molar-refractivity contribution in [3.63, 3.8) is 0 Å². The third-order valence-corrected chi connectivity index (χ3v) is 2.61. The Labute approximate surface area is 79.1 Å². The summed E-state index contributed by atoms with van der Waals surface area (Å²) in [5.41, 5.74) is 0. The summed E-state index contributed by atoms with van der Waals surface area (Å²) in [5, 5.41) is 13.9. The molecule has 0 saturated carbocycles. The molecule has 0 amide bonds. The lowest BCUT2D eigenvalue weighted by atomic mass is 9.89. The Morgan fingerprint density at radius 3 is 2.62 bits per heavy atom. The molecule has 0 bridgehead atoms. The van der Waals surface area contributed by atoms with E-state index in [-0.39, 0.29) is 0 Å². The van der Waals surface area contributed by atoms with Crippen molar-refractivity contribution in [1.29, 1.82) is 0 Å². The molecule has 0 saturated heterocycles. The van der Waals surface area contributed by atoms with Crippen LogP contribution >= 0.6 is 0 Å². The number of aromatic amines is 1. The van der Waals surface area contributed by atoms with E-state index in [2.05, 4.69) is 41.4 Å². The molecule has 4 nitrogen and oxygen atoms in total. The van der Waals surface area contributed by atoms with Crippen LogP contribution in [0.5, 0.6) is 0 Å². The zero-order valence-corrected chi connectivity index (χ0v) is 8.62. The topological polar surface area (TPSA) is 54.5 Å². The summed E-state index contributed by atoms with van der Waals surface area (Å²) in [5.74, 6) is 2.21. The van der Waals surface area contributed by atoms with E-state index in [1.165, 1.54) is 12.8 Å². The maximum absolute atomic E-state index is 3.95.